The van der Waals surface area contributed by atoms with Crippen molar-refractivity contribution in [3.63, 3.8) is 0 Å². The van der Waals surface area contributed by atoms with Gasteiger partial charge in [0.05, 0.1) is 6.54 Å². The Hall–Kier alpha value is -0.960. The third-order valence-electron chi connectivity index (χ3n) is 4.72. The second-order valence-electron chi connectivity index (χ2n) is 6.16. The first-order chi connectivity index (χ1) is 10.1. The molecule has 1 unspecified atom stereocenters. The fourth-order valence-corrected chi connectivity index (χ4v) is 3.54. The zero-order valence-electron chi connectivity index (χ0n) is 12.7. The Balaban J connectivity index is 1.49. The molecule has 21 heavy (non-hydrogen) atoms. The highest BCUT2D eigenvalue weighted by Crippen LogP contribution is 2.24. The summed E-state index contributed by atoms with van der Waals surface area (Å²) in [5.41, 5.74) is 2.98. The molecule has 1 atom stereocenters. The Bertz CT molecular complexity index is 497. The van der Waals surface area contributed by atoms with Gasteiger partial charge in [-0.1, -0.05) is 33.7 Å². The van der Waals surface area contributed by atoms with Crippen LogP contribution >= 0.6 is 9.39 Å². The SMILES string of the molecule is CN(CCN1CCN(P)CC1=O)C1Cc2ccccc2C1. The van der Waals surface area contributed by atoms with Crippen molar-refractivity contribution in [1.82, 2.24) is 14.5 Å². The maximum Gasteiger partial charge on any atom is 0.237 e. The fourth-order valence-electron chi connectivity index (χ4n) is 3.27. The zero-order chi connectivity index (χ0) is 14.8. The average Bonchev–Trinajstić information content (AvgIpc) is 2.90. The molecule has 3 rings (SSSR count). The molecule has 114 valence electrons. The van der Waals surface area contributed by atoms with Crippen molar-refractivity contribution in [1.29, 1.82) is 0 Å². The van der Waals surface area contributed by atoms with Crippen LogP contribution in [0.4, 0.5) is 0 Å². The summed E-state index contributed by atoms with van der Waals surface area (Å²) in [4.78, 5) is 16.4. The molecule has 0 N–H and O–H groups in total. The highest BCUT2D eigenvalue weighted by atomic mass is 31.0. The smallest absolute Gasteiger partial charge is 0.237 e. The van der Waals surface area contributed by atoms with E-state index in [0.29, 0.717) is 12.6 Å². The number of piperazine rings is 1. The number of fused-ring (bicyclic) bond motifs is 1. The Labute approximate surface area is 129 Å². The second kappa shape index (κ2) is 6.43. The number of hydrogen-bond donors (Lipinski definition) is 0. The molecule has 0 bridgehead atoms. The van der Waals surface area contributed by atoms with Crippen molar-refractivity contribution in [3.8, 4) is 0 Å². The zero-order valence-corrected chi connectivity index (χ0v) is 13.8. The van der Waals surface area contributed by atoms with Crippen LogP contribution in [0.1, 0.15) is 11.1 Å². The van der Waals surface area contributed by atoms with Gasteiger partial charge in [0.2, 0.25) is 5.91 Å². The maximum absolute atomic E-state index is 12.0. The van der Waals surface area contributed by atoms with Gasteiger partial charge in [0.15, 0.2) is 0 Å². The largest absolute Gasteiger partial charge is 0.339 e. The normalized spacial score (nSPS) is 20.3. The minimum absolute atomic E-state index is 0.249. The second-order valence-corrected chi connectivity index (χ2v) is 6.89. The standard InChI is InChI=1S/C16H24N3OP/c1-17(6-7-18-8-9-19(21)12-16(18)20)15-10-13-4-2-3-5-14(13)11-15/h2-5,15H,6-12,21H2,1H3. The molecular formula is C16H24N3OP. The molecule has 0 radical (unpaired) electrons. The van der Waals surface area contributed by atoms with Crippen molar-refractivity contribution in [3.05, 3.63) is 35.4 Å². The first-order valence-electron chi connectivity index (χ1n) is 7.68. The third kappa shape index (κ3) is 3.45. The van der Waals surface area contributed by atoms with Crippen LogP contribution in [0, 0.1) is 0 Å². The maximum atomic E-state index is 12.0. The van der Waals surface area contributed by atoms with Crippen molar-refractivity contribution < 1.29 is 4.79 Å². The summed E-state index contributed by atoms with van der Waals surface area (Å²) in [6.07, 6.45) is 2.28. The van der Waals surface area contributed by atoms with Gasteiger partial charge in [0, 0.05) is 32.2 Å². The third-order valence-corrected chi connectivity index (χ3v) is 5.16. The Morgan fingerprint density at radius 2 is 1.90 bits per heavy atom. The molecule has 1 amide bonds. The summed E-state index contributed by atoms with van der Waals surface area (Å²) in [5.74, 6) is 0.249. The van der Waals surface area contributed by atoms with E-state index in [2.05, 4.69) is 45.6 Å². The first kappa shape index (κ1) is 15.0. The first-order valence-corrected chi connectivity index (χ1v) is 8.19. The van der Waals surface area contributed by atoms with Gasteiger partial charge in [-0.2, -0.15) is 0 Å². The van der Waals surface area contributed by atoms with Crippen LogP contribution in [-0.4, -0.2) is 66.2 Å². The van der Waals surface area contributed by atoms with Crippen LogP contribution in [0.2, 0.25) is 0 Å². The molecule has 2 aliphatic rings. The van der Waals surface area contributed by atoms with E-state index in [1.165, 1.54) is 11.1 Å². The number of carbonyl (C=O) groups excluding carboxylic acids is 1. The van der Waals surface area contributed by atoms with Crippen molar-refractivity contribution in [2.24, 2.45) is 0 Å². The summed E-state index contributed by atoms with van der Waals surface area (Å²) in [6, 6.07) is 9.32. The van der Waals surface area contributed by atoms with E-state index in [-0.39, 0.29) is 5.91 Å². The number of benzene rings is 1. The van der Waals surface area contributed by atoms with Crippen LogP contribution < -0.4 is 0 Å². The summed E-state index contributed by atoms with van der Waals surface area (Å²) in [6.45, 7) is 4.14. The van der Waals surface area contributed by atoms with Crippen molar-refractivity contribution >= 4 is 15.3 Å². The molecule has 0 spiro atoms. The predicted octanol–water partition coefficient (Wildman–Crippen LogP) is 1.02. The number of amides is 1. The lowest BCUT2D eigenvalue weighted by Crippen LogP contribution is -2.49. The number of carbonyl (C=O) groups is 1. The summed E-state index contributed by atoms with van der Waals surface area (Å²) in [7, 11) is 4.81. The molecule has 5 heteroatoms. The van der Waals surface area contributed by atoms with Gasteiger partial charge in [0.25, 0.3) is 0 Å². The highest BCUT2D eigenvalue weighted by molar-refractivity contribution is 7.13. The van der Waals surface area contributed by atoms with Crippen LogP contribution in [0.5, 0.6) is 0 Å². The Kier molecular flexibility index (Phi) is 4.58. The number of nitrogens with zero attached hydrogens (tertiary/aromatic N) is 3. The predicted molar refractivity (Wildman–Crippen MR) is 88.1 cm³/mol. The molecule has 1 aliphatic heterocycles. The lowest BCUT2D eigenvalue weighted by molar-refractivity contribution is -0.134. The van der Waals surface area contributed by atoms with Crippen LogP contribution in [0.25, 0.3) is 0 Å². The fraction of sp³-hybridized carbons (Fsp3) is 0.562. The summed E-state index contributed by atoms with van der Waals surface area (Å²) < 4.78 is 2.01. The van der Waals surface area contributed by atoms with Crippen molar-refractivity contribution in [2.75, 3.05) is 39.8 Å². The molecule has 4 nitrogen and oxygen atoms in total. The van der Waals surface area contributed by atoms with Crippen LogP contribution in [0.3, 0.4) is 0 Å². The van der Waals surface area contributed by atoms with Gasteiger partial charge >= 0.3 is 0 Å². The van der Waals surface area contributed by atoms with Gasteiger partial charge < -0.3 is 9.80 Å². The lowest BCUT2D eigenvalue weighted by Gasteiger charge is -2.34. The van der Waals surface area contributed by atoms with E-state index in [1.54, 1.807) is 0 Å². The number of likely N-dealkylation sites (N-methyl/N-ethyl adjacent to an activating group) is 1. The van der Waals surface area contributed by atoms with Gasteiger partial charge in [-0.15, -0.1) is 0 Å². The quantitative estimate of drug-likeness (QED) is 0.777. The van der Waals surface area contributed by atoms with E-state index in [1.807, 2.05) is 9.57 Å². The molecular weight excluding hydrogens is 281 g/mol. The van der Waals surface area contributed by atoms with E-state index < -0.39 is 0 Å². The number of hydrogen-bond acceptors (Lipinski definition) is 3. The van der Waals surface area contributed by atoms with Gasteiger partial charge in [0.1, 0.15) is 0 Å². The molecule has 1 saturated heterocycles. The highest BCUT2D eigenvalue weighted by Gasteiger charge is 2.26. The van der Waals surface area contributed by atoms with E-state index >= 15 is 0 Å². The molecule has 0 aromatic heterocycles. The minimum Gasteiger partial charge on any atom is -0.339 e. The minimum atomic E-state index is 0.249. The average molecular weight is 305 g/mol. The van der Waals surface area contributed by atoms with Gasteiger partial charge in [-0.05, 0) is 31.0 Å². The van der Waals surface area contributed by atoms with Crippen molar-refractivity contribution in [2.45, 2.75) is 18.9 Å². The molecule has 1 heterocycles. The molecule has 1 aromatic carbocycles. The van der Waals surface area contributed by atoms with Gasteiger partial charge in [-0.3, -0.25) is 9.46 Å². The summed E-state index contributed by atoms with van der Waals surface area (Å²) in [5, 5.41) is 0. The van der Waals surface area contributed by atoms with E-state index in [0.717, 1.165) is 39.0 Å². The summed E-state index contributed by atoms with van der Waals surface area (Å²) >= 11 is 0. The van der Waals surface area contributed by atoms with E-state index in [4.69, 9.17) is 0 Å². The van der Waals surface area contributed by atoms with Gasteiger partial charge in [-0.25, -0.2) is 0 Å². The Morgan fingerprint density at radius 3 is 2.52 bits per heavy atom. The molecule has 0 saturated carbocycles. The monoisotopic (exact) mass is 305 g/mol. The topological polar surface area (TPSA) is 26.8 Å². The lowest BCUT2D eigenvalue weighted by atomic mass is 10.1. The number of rotatable bonds is 4. The van der Waals surface area contributed by atoms with Crippen LogP contribution in [0.15, 0.2) is 24.3 Å². The molecule has 1 fully saturated rings. The Morgan fingerprint density at radius 1 is 1.24 bits per heavy atom. The van der Waals surface area contributed by atoms with Crippen LogP contribution in [-0.2, 0) is 17.6 Å². The molecule has 1 aromatic rings. The van der Waals surface area contributed by atoms with E-state index in [9.17, 15) is 4.79 Å². The molecule has 1 aliphatic carbocycles.